The van der Waals surface area contributed by atoms with Crippen LogP contribution in [0.1, 0.15) is 37.3 Å². The third-order valence-corrected chi connectivity index (χ3v) is 5.09. The summed E-state index contributed by atoms with van der Waals surface area (Å²) in [6.07, 6.45) is 8.10. The van der Waals surface area contributed by atoms with Crippen LogP contribution in [0.5, 0.6) is 0 Å². The summed E-state index contributed by atoms with van der Waals surface area (Å²) in [6.45, 7) is 0. The van der Waals surface area contributed by atoms with Gasteiger partial charge in [-0.3, -0.25) is 15.3 Å². The number of anilines is 1. The number of aromatic nitrogens is 1. The van der Waals surface area contributed by atoms with E-state index in [0.717, 1.165) is 36.5 Å². The predicted octanol–water partition coefficient (Wildman–Crippen LogP) is 2.32. The van der Waals surface area contributed by atoms with E-state index in [2.05, 4.69) is 31.0 Å². The Labute approximate surface area is 144 Å². The van der Waals surface area contributed by atoms with Crippen molar-refractivity contribution in [1.82, 2.24) is 10.3 Å². The first-order chi connectivity index (χ1) is 11.2. The Bertz CT molecular complexity index is 617. The third-order valence-electron chi connectivity index (χ3n) is 3.72. The van der Waals surface area contributed by atoms with Crippen LogP contribution in [-0.4, -0.2) is 35.5 Å². The van der Waals surface area contributed by atoms with Crippen molar-refractivity contribution in [3.05, 3.63) is 11.1 Å². The Hall–Kier alpha value is -1.79. The molecule has 124 valence electrons. The van der Waals surface area contributed by atoms with Crippen molar-refractivity contribution in [2.75, 3.05) is 18.6 Å². The standard InChI is InChI=1S/C14H21N7S2/c1-17-12(16)21-14-20-11(7-23-14)9-4-3-5-10(6-9)19-13(22-2)18-8-15/h7,9-10H,3-6H2,1-2H3,(H,18,19)(H3,16,17,20,21). The highest BCUT2D eigenvalue weighted by molar-refractivity contribution is 8.13. The lowest BCUT2D eigenvalue weighted by molar-refractivity contribution is 0.391. The number of nitrogens with one attached hydrogen (secondary N) is 2. The lowest BCUT2D eigenvalue weighted by Gasteiger charge is -2.26. The van der Waals surface area contributed by atoms with E-state index in [0.29, 0.717) is 17.0 Å². The Morgan fingerprint density at radius 2 is 2.39 bits per heavy atom. The molecule has 0 radical (unpaired) electrons. The van der Waals surface area contributed by atoms with Crippen LogP contribution in [0.25, 0.3) is 0 Å². The van der Waals surface area contributed by atoms with Crippen LogP contribution in [0.4, 0.5) is 5.13 Å². The van der Waals surface area contributed by atoms with E-state index in [9.17, 15) is 0 Å². The fraction of sp³-hybridized carbons (Fsp3) is 0.571. The molecule has 4 N–H and O–H groups in total. The summed E-state index contributed by atoms with van der Waals surface area (Å²) in [5.74, 6) is 0.762. The molecule has 1 heterocycles. The van der Waals surface area contributed by atoms with Crippen molar-refractivity contribution < 1.29 is 0 Å². The summed E-state index contributed by atoms with van der Waals surface area (Å²) in [6, 6.07) is 0.234. The van der Waals surface area contributed by atoms with Gasteiger partial charge in [-0.15, -0.1) is 11.3 Å². The molecule has 1 fully saturated rings. The summed E-state index contributed by atoms with van der Waals surface area (Å²) >= 11 is 3.00. The van der Waals surface area contributed by atoms with Crippen molar-refractivity contribution in [2.24, 2.45) is 15.7 Å². The van der Waals surface area contributed by atoms with Gasteiger partial charge in [-0.05, 0) is 25.5 Å². The van der Waals surface area contributed by atoms with Gasteiger partial charge in [0.2, 0.25) is 0 Å². The minimum absolute atomic E-state index is 0.234. The monoisotopic (exact) mass is 351 g/mol. The van der Waals surface area contributed by atoms with E-state index >= 15 is 0 Å². The summed E-state index contributed by atoms with van der Waals surface area (Å²) in [4.78, 5) is 13.1. The van der Waals surface area contributed by atoms with Gasteiger partial charge in [0.15, 0.2) is 22.5 Å². The number of thioether (sulfide) groups is 1. The minimum Gasteiger partial charge on any atom is -0.370 e. The molecule has 9 heteroatoms. The number of hydrogen-bond acceptors (Lipinski definition) is 6. The molecule has 7 nitrogen and oxygen atoms in total. The third kappa shape index (κ3) is 5.11. The molecule has 2 atom stereocenters. The van der Waals surface area contributed by atoms with Gasteiger partial charge in [0.25, 0.3) is 0 Å². The van der Waals surface area contributed by atoms with Crippen molar-refractivity contribution in [1.29, 1.82) is 5.26 Å². The number of aliphatic imine (C=N–C) groups is 2. The number of rotatable bonds is 3. The van der Waals surface area contributed by atoms with Crippen LogP contribution >= 0.6 is 23.1 Å². The second-order valence-electron chi connectivity index (χ2n) is 5.20. The zero-order valence-electron chi connectivity index (χ0n) is 13.2. The Kier molecular flexibility index (Phi) is 6.67. The van der Waals surface area contributed by atoms with Gasteiger partial charge in [0.05, 0.1) is 11.7 Å². The quantitative estimate of drug-likeness (QED) is 0.333. The average molecular weight is 352 g/mol. The van der Waals surface area contributed by atoms with E-state index in [1.165, 1.54) is 23.1 Å². The fourth-order valence-corrected chi connectivity index (χ4v) is 3.80. The lowest BCUT2D eigenvalue weighted by atomic mass is 9.84. The van der Waals surface area contributed by atoms with Gasteiger partial charge < -0.3 is 11.1 Å². The number of thiazole rings is 1. The molecule has 2 rings (SSSR count). The summed E-state index contributed by atoms with van der Waals surface area (Å²) in [5.41, 5.74) is 6.75. The van der Waals surface area contributed by atoms with Crippen LogP contribution in [0.3, 0.4) is 0 Å². The second kappa shape index (κ2) is 8.74. The number of nitrogens with zero attached hydrogens (tertiary/aromatic N) is 4. The van der Waals surface area contributed by atoms with Crippen LogP contribution in [0, 0.1) is 11.5 Å². The molecule has 1 aliphatic carbocycles. The number of amidine groups is 1. The van der Waals surface area contributed by atoms with Gasteiger partial charge in [0.1, 0.15) is 0 Å². The highest BCUT2D eigenvalue weighted by Crippen LogP contribution is 2.35. The van der Waals surface area contributed by atoms with Crippen molar-refractivity contribution in [2.45, 2.75) is 37.6 Å². The fourth-order valence-electron chi connectivity index (χ4n) is 2.60. The smallest absolute Gasteiger partial charge is 0.194 e. The Morgan fingerprint density at radius 3 is 3.09 bits per heavy atom. The maximum Gasteiger partial charge on any atom is 0.194 e. The van der Waals surface area contributed by atoms with Gasteiger partial charge in [-0.1, -0.05) is 18.2 Å². The van der Waals surface area contributed by atoms with Gasteiger partial charge in [-0.2, -0.15) is 5.26 Å². The zero-order valence-corrected chi connectivity index (χ0v) is 14.9. The van der Waals surface area contributed by atoms with Gasteiger partial charge >= 0.3 is 0 Å². The van der Waals surface area contributed by atoms with Crippen molar-refractivity contribution in [3.63, 3.8) is 0 Å². The predicted molar refractivity (Wildman–Crippen MR) is 98.0 cm³/mol. The maximum absolute atomic E-state index is 8.73. The highest BCUT2D eigenvalue weighted by Gasteiger charge is 2.25. The van der Waals surface area contributed by atoms with Gasteiger partial charge in [0, 0.05) is 18.3 Å². The molecule has 1 aliphatic rings. The number of nitrogens with two attached hydrogens (primary N) is 1. The van der Waals surface area contributed by atoms with E-state index in [1.54, 1.807) is 7.05 Å². The molecular formula is C14H21N7S2. The molecule has 1 aromatic heterocycles. The molecular weight excluding hydrogens is 330 g/mol. The van der Waals surface area contributed by atoms with Gasteiger partial charge in [-0.25, -0.2) is 4.98 Å². The molecule has 1 saturated carbocycles. The SMILES string of the molecule is CN=C(N)Nc1nc(C2CCCC(N=C(NC#N)SC)C2)cs1. The summed E-state index contributed by atoms with van der Waals surface area (Å²) in [5, 5.41) is 17.9. The lowest BCUT2D eigenvalue weighted by Crippen LogP contribution is -2.23. The van der Waals surface area contributed by atoms with Crippen LogP contribution in [0.15, 0.2) is 15.4 Å². The number of nitriles is 1. The zero-order chi connectivity index (χ0) is 16.7. The molecule has 0 aromatic carbocycles. The Balaban J connectivity index is 2.02. The van der Waals surface area contributed by atoms with E-state index in [4.69, 9.17) is 11.0 Å². The van der Waals surface area contributed by atoms with Crippen molar-refractivity contribution >= 4 is 39.4 Å². The number of hydrogen-bond donors (Lipinski definition) is 3. The summed E-state index contributed by atoms with van der Waals surface area (Å²) in [7, 11) is 1.64. The normalized spacial score (nSPS) is 22.5. The Morgan fingerprint density at radius 1 is 1.57 bits per heavy atom. The second-order valence-corrected chi connectivity index (χ2v) is 6.86. The molecule has 0 bridgehead atoms. The highest BCUT2D eigenvalue weighted by atomic mass is 32.2. The first-order valence-electron chi connectivity index (χ1n) is 7.37. The molecule has 1 aromatic rings. The number of guanidine groups is 1. The molecule has 0 amide bonds. The molecule has 2 unspecified atom stereocenters. The maximum atomic E-state index is 8.73. The minimum atomic E-state index is 0.234. The van der Waals surface area contributed by atoms with Crippen LogP contribution in [0.2, 0.25) is 0 Å². The van der Waals surface area contributed by atoms with Crippen LogP contribution in [-0.2, 0) is 0 Å². The molecule has 0 saturated heterocycles. The summed E-state index contributed by atoms with van der Waals surface area (Å²) < 4.78 is 0. The topological polar surface area (TPSA) is 111 Å². The average Bonchev–Trinajstić information content (AvgIpc) is 3.03. The van der Waals surface area contributed by atoms with Crippen molar-refractivity contribution in [3.8, 4) is 6.19 Å². The largest absolute Gasteiger partial charge is 0.370 e. The molecule has 0 spiro atoms. The van der Waals surface area contributed by atoms with E-state index in [-0.39, 0.29) is 6.04 Å². The van der Waals surface area contributed by atoms with E-state index < -0.39 is 0 Å². The molecule has 23 heavy (non-hydrogen) atoms. The van der Waals surface area contributed by atoms with Crippen LogP contribution < -0.4 is 16.4 Å². The van der Waals surface area contributed by atoms with E-state index in [1.807, 2.05) is 12.4 Å². The first-order valence-corrected chi connectivity index (χ1v) is 9.48. The first kappa shape index (κ1) is 17.6. The molecule has 0 aliphatic heterocycles.